The van der Waals surface area contributed by atoms with Crippen LogP contribution in [-0.2, 0) is 65.8 Å². The number of amides is 4. The van der Waals surface area contributed by atoms with Gasteiger partial charge >= 0.3 is 0 Å². The Bertz CT molecular complexity index is 2480. The van der Waals surface area contributed by atoms with Crippen molar-refractivity contribution in [1.82, 2.24) is 15.2 Å². The van der Waals surface area contributed by atoms with Gasteiger partial charge in [-0.2, -0.15) is 0 Å². The first kappa shape index (κ1) is 50.3. The molecule has 362 valence electrons. The van der Waals surface area contributed by atoms with E-state index < -0.39 is 47.7 Å². The summed E-state index contributed by atoms with van der Waals surface area (Å²) in [6, 6.07) is 18.6. The van der Waals surface area contributed by atoms with Gasteiger partial charge in [-0.1, -0.05) is 87.5 Å². The maximum Gasteiger partial charge on any atom is 0.246 e. The SMILES string of the molecule is Cc1ncsc1-c1ccc(CCC(=O)[C@@H]2C[C@@H](O)CN2C(=O)[C@@H](NC(=O)CCc2ccc(CO[C@H](C)[C@H](CCC(N)=O)CC(=O)[C@@H]3Cc4cccc5c4N3C(=O)[C@@H](N)CC5)cc2)C(C)(C)C)cc1. The molecule has 4 aromatic rings. The maximum absolute atomic E-state index is 14.2. The number of para-hydroxylation sites is 1. The average Bonchev–Trinajstić information content (AvgIpc) is 4.03. The van der Waals surface area contributed by atoms with Gasteiger partial charge < -0.3 is 31.5 Å². The van der Waals surface area contributed by atoms with Crippen LogP contribution in [0.5, 0.6) is 0 Å². The molecule has 15 heteroatoms. The minimum atomic E-state index is -0.917. The predicted molar refractivity (Wildman–Crippen MR) is 261 cm³/mol. The van der Waals surface area contributed by atoms with Crippen molar-refractivity contribution >= 4 is 52.2 Å². The molecule has 3 aliphatic heterocycles. The first-order valence-electron chi connectivity index (χ1n) is 23.9. The lowest BCUT2D eigenvalue weighted by Gasteiger charge is -2.35. The number of benzene rings is 3. The van der Waals surface area contributed by atoms with Gasteiger partial charge in [0, 0.05) is 45.1 Å². The van der Waals surface area contributed by atoms with Gasteiger partial charge in [0.15, 0.2) is 11.6 Å². The smallest absolute Gasteiger partial charge is 0.246 e. The molecule has 3 aliphatic rings. The van der Waals surface area contributed by atoms with Crippen molar-refractivity contribution in [1.29, 1.82) is 0 Å². The van der Waals surface area contributed by atoms with Gasteiger partial charge in [-0.05, 0) is 90.7 Å². The molecule has 7 rings (SSSR count). The molecule has 1 aromatic heterocycles. The van der Waals surface area contributed by atoms with E-state index in [0.717, 1.165) is 49.6 Å². The number of rotatable bonds is 20. The maximum atomic E-state index is 14.2. The number of aryl methyl sites for hydroxylation is 4. The zero-order chi connectivity index (χ0) is 48.9. The van der Waals surface area contributed by atoms with Gasteiger partial charge in [0.2, 0.25) is 23.6 Å². The molecule has 0 aliphatic carbocycles. The van der Waals surface area contributed by atoms with Crippen molar-refractivity contribution < 1.29 is 38.6 Å². The number of aliphatic hydroxyl groups excluding tert-OH is 1. The molecule has 0 unspecified atom stereocenters. The van der Waals surface area contributed by atoms with E-state index in [9.17, 15) is 33.9 Å². The van der Waals surface area contributed by atoms with E-state index in [1.54, 1.807) is 16.2 Å². The summed E-state index contributed by atoms with van der Waals surface area (Å²) in [7, 11) is 0. The van der Waals surface area contributed by atoms with E-state index in [2.05, 4.69) is 10.3 Å². The Labute approximate surface area is 403 Å². The molecule has 0 saturated carbocycles. The van der Waals surface area contributed by atoms with E-state index in [1.807, 2.05) is 107 Å². The van der Waals surface area contributed by atoms with E-state index in [4.69, 9.17) is 16.2 Å². The number of carbonyl (C=O) groups excluding carboxylic acids is 6. The van der Waals surface area contributed by atoms with E-state index in [-0.39, 0.29) is 80.5 Å². The molecular formula is C53H66N6O8S. The topological polar surface area (TPSA) is 215 Å². The summed E-state index contributed by atoms with van der Waals surface area (Å²) in [6.45, 7) is 9.73. The number of likely N-dealkylation sites (tertiary alicyclic amines) is 1. The molecule has 0 bridgehead atoms. The highest BCUT2D eigenvalue weighted by atomic mass is 32.1. The normalized spacial score (nSPS) is 20.4. The number of Topliss-reactive ketones (excluding diaryl/α,β-unsaturated/α-hetero) is 2. The third kappa shape index (κ3) is 12.0. The summed E-state index contributed by atoms with van der Waals surface area (Å²) in [6.07, 6.45) is 2.30. The monoisotopic (exact) mass is 946 g/mol. The van der Waals surface area contributed by atoms with Crippen LogP contribution in [-0.4, -0.2) is 93.1 Å². The number of thiazole rings is 1. The molecule has 4 amide bonds. The van der Waals surface area contributed by atoms with Crippen molar-refractivity contribution in [2.24, 2.45) is 22.8 Å². The second kappa shape index (κ2) is 21.8. The number of hydrogen-bond donors (Lipinski definition) is 4. The Morgan fingerprint density at radius 2 is 1.57 bits per heavy atom. The number of nitrogens with zero attached hydrogens (tertiary/aromatic N) is 3. The van der Waals surface area contributed by atoms with Crippen LogP contribution in [0.2, 0.25) is 0 Å². The van der Waals surface area contributed by atoms with Crippen molar-refractivity contribution in [2.75, 3.05) is 11.4 Å². The van der Waals surface area contributed by atoms with E-state index in [1.165, 1.54) is 4.90 Å². The molecule has 7 atom stereocenters. The number of anilines is 1. The lowest BCUT2D eigenvalue weighted by Crippen LogP contribution is -2.56. The molecule has 0 radical (unpaired) electrons. The molecule has 1 saturated heterocycles. The first-order valence-corrected chi connectivity index (χ1v) is 24.8. The van der Waals surface area contributed by atoms with Gasteiger partial charge in [0.25, 0.3) is 0 Å². The van der Waals surface area contributed by atoms with Crippen LogP contribution < -0.4 is 21.7 Å². The summed E-state index contributed by atoms with van der Waals surface area (Å²) in [5, 5.41) is 13.6. The largest absolute Gasteiger partial charge is 0.391 e. The average molecular weight is 947 g/mol. The van der Waals surface area contributed by atoms with Gasteiger partial charge in [-0.3, -0.25) is 33.7 Å². The third-order valence-electron chi connectivity index (χ3n) is 13.9. The minimum absolute atomic E-state index is 0.0223. The molecular weight excluding hydrogens is 881 g/mol. The highest BCUT2D eigenvalue weighted by Crippen LogP contribution is 2.40. The van der Waals surface area contributed by atoms with Gasteiger partial charge in [-0.15, -0.1) is 11.3 Å². The highest BCUT2D eigenvalue weighted by molar-refractivity contribution is 7.13. The van der Waals surface area contributed by atoms with Crippen LogP contribution in [0, 0.1) is 18.3 Å². The molecule has 6 N–H and O–H groups in total. The van der Waals surface area contributed by atoms with Crippen molar-refractivity contribution in [2.45, 2.75) is 148 Å². The number of nitrogens with one attached hydrogen (secondary N) is 1. The summed E-state index contributed by atoms with van der Waals surface area (Å²) < 4.78 is 6.31. The quantitative estimate of drug-likeness (QED) is 0.0845. The second-order valence-electron chi connectivity index (χ2n) is 20.0. The van der Waals surface area contributed by atoms with Crippen LogP contribution in [0.1, 0.15) is 106 Å². The Morgan fingerprint density at radius 1 is 0.912 bits per heavy atom. The fourth-order valence-electron chi connectivity index (χ4n) is 9.81. The lowest BCUT2D eigenvalue weighted by molar-refractivity contribution is -0.143. The van der Waals surface area contributed by atoms with Crippen molar-refractivity contribution in [3.05, 3.63) is 106 Å². The van der Waals surface area contributed by atoms with Crippen LogP contribution in [0.15, 0.2) is 72.2 Å². The Hall–Kier alpha value is -5.61. The Morgan fingerprint density at radius 3 is 2.24 bits per heavy atom. The summed E-state index contributed by atoms with van der Waals surface area (Å²) in [5.74, 6) is -1.95. The second-order valence-corrected chi connectivity index (χ2v) is 20.8. The number of ether oxygens (including phenoxy) is 1. The number of carbonyl (C=O) groups is 6. The van der Waals surface area contributed by atoms with Crippen LogP contribution in [0.25, 0.3) is 10.4 Å². The molecule has 4 heterocycles. The summed E-state index contributed by atoms with van der Waals surface area (Å²) >= 11 is 1.58. The van der Waals surface area contributed by atoms with Crippen LogP contribution in [0.3, 0.4) is 0 Å². The number of hydrogen-bond acceptors (Lipinski definition) is 11. The Balaban J connectivity index is 0.902. The third-order valence-corrected chi connectivity index (χ3v) is 14.8. The standard InChI is InChI=1S/C53H66N6O8S/c1-31-49(68-30-56-31)37-17-13-34(14-18-37)15-22-44(61)42-27-40(60)28-58(42)52(66)50(53(3,4)5)57-47(64)24-16-33-9-11-35(12-10-33)29-67-32(2)38(20-23-46(55)63)26-45(62)43-25-39-8-6-7-36-19-21-41(54)51(65)59(43)48(36)39/h6-14,17-18,30,32,38,40-43,50,60H,15-16,19-29,54H2,1-5H3,(H2,55,63)(H,57,64)/t32-,38-,40-,41+,42+,43+,50-/m1/s1. The fraction of sp³-hybridized carbons (Fsp3) is 0.491. The highest BCUT2D eigenvalue weighted by Gasteiger charge is 2.45. The Kier molecular flexibility index (Phi) is 16.1. The molecule has 3 aromatic carbocycles. The number of aromatic nitrogens is 1. The molecule has 0 spiro atoms. The minimum Gasteiger partial charge on any atom is -0.391 e. The fourth-order valence-corrected chi connectivity index (χ4v) is 10.6. The summed E-state index contributed by atoms with van der Waals surface area (Å²) in [5.41, 5.74) is 20.6. The van der Waals surface area contributed by atoms with Crippen molar-refractivity contribution in [3.8, 4) is 10.4 Å². The lowest BCUT2D eigenvalue weighted by atomic mass is 9.85. The van der Waals surface area contributed by atoms with Crippen LogP contribution in [0.4, 0.5) is 5.69 Å². The number of ketones is 2. The molecule has 68 heavy (non-hydrogen) atoms. The summed E-state index contributed by atoms with van der Waals surface area (Å²) in [4.78, 5) is 89.2. The molecule has 14 nitrogen and oxygen atoms in total. The number of aliphatic hydroxyl groups is 1. The van der Waals surface area contributed by atoms with E-state index >= 15 is 0 Å². The van der Waals surface area contributed by atoms with Crippen LogP contribution >= 0.6 is 11.3 Å². The van der Waals surface area contributed by atoms with Gasteiger partial charge in [0.1, 0.15) is 6.04 Å². The number of nitrogens with two attached hydrogens (primary N) is 2. The zero-order valence-electron chi connectivity index (χ0n) is 39.9. The first-order chi connectivity index (χ1) is 32.4. The predicted octanol–water partition coefficient (Wildman–Crippen LogP) is 5.72. The van der Waals surface area contributed by atoms with Gasteiger partial charge in [0.05, 0.1) is 58.7 Å². The molecule has 1 fully saturated rings. The van der Waals surface area contributed by atoms with Gasteiger partial charge in [-0.25, -0.2) is 4.98 Å². The number of primary amides is 1. The zero-order valence-corrected chi connectivity index (χ0v) is 40.7. The number of β-amino-alcohol motifs (C(OH)–C–C–N with tert-alkyl or cyclic N) is 1. The van der Waals surface area contributed by atoms with Crippen molar-refractivity contribution in [3.63, 3.8) is 0 Å². The van der Waals surface area contributed by atoms with E-state index in [0.29, 0.717) is 38.5 Å².